The van der Waals surface area contributed by atoms with Crippen LogP contribution >= 0.6 is 11.6 Å². The molecule has 0 saturated heterocycles. The SMILES string of the molecule is CC(C)(C)CNc1c(C#N)cnc2c(Cl)cc(N[C@H](C3=CN(C4(C(F)(F)F)CC4)NN3)c3ccc4cccnc4c3)cc12. The lowest BCUT2D eigenvalue weighted by molar-refractivity contribution is -0.195. The highest BCUT2D eigenvalue weighted by molar-refractivity contribution is 6.35. The van der Waals surface area contributed by atoms with E-state index in [0.29, 0.717) is 45.1 Å². The molecule has 1 fully saturated rings. The van der Waals surface area contributed by atoms with Gasteiger partial charge in [-0.1, -0.05) is 50.6 Å². The second-order valence-corrected chi connectivity index (χ2v) is 12.6. The zero-order valence-electron chi connectivity index (χ0n) is 23.8. The molecule has 6 rings (SSSR count). The van der Waals surface area contributed by atoms with Gasteiger partial charge in [0.05, 0.1) is 39.0 Å². The fourth-order valence-electron chi connectivity index (χ4n) is 5.23. The number of aromatic nitrogens is 2. The number of nitrogens with one attached hydrogen (secondary N) is 4. The molecule has 0 spiro atoms. The summed E-state index contributed by atoms with van der Waals surface area (Å²) in [4.78, 5) is 8.91. The smallest absolute Gasteiger partial charge is 0.383 e. The number of nitrogens with zero attached hydrogens (tertiary/aromatic N) is 4. The van der Waals surface area contributed by atoms with Gasteiger partial charge in [-0.2, -0.15) is 18.4 Å². The number of alkyl halides is 3. The molecule has 12 heteroatoms. The third-order valence-electron chi connectivity index (χ3n) is 7.73. The van der Waals surface area contributed by atoms with Crippen LogP contribution in [0.25, 0.3) is 21.8 Å². The number of hydrogen-bond acceptors (Lipinski definition) is 8. The molecule has 1 saturated carbocycles. The Labute approximate surface area is 251 Å². The third-order valence-corrected chi connectivity index (χ3v) is 8.02. The summed E-state index contributed by atoms with van der Waals surface area (Å²) in [5.74, 6) is 0. The molecular weight excluding hydrogens is 577 g/mol. The average molecular weight is 607 g/mol. The first kappa shape index (κ1) is 28.8. The van der Waals surface area contributed by atoms with Crippen molar-refractivity contribution in [3.8, 4) is 6.07 Å². The minimum Gasteiger partial charge on any atom is -0.383 e. The topological polar surface area (TPSA) is 101 Å². The lowest BCUT2D eigenvalue weighted by Gasteiger charge is -2.28. The molecule has 4 N–H and O–H groups in total. The second kappa shape index (κ2) is 10.5. The Kier molecular flexibility index (Phi) is 7.02. The van der Waals surface area contributed by atoms with E-state index < -0.39 is 17.8 Å². The average Bonchev–Trinajstić information content (AvgIpc) is 3.65. The van der Waals surface area contributed by atoms with Crippen molar-refractivity contribution in [1.29, 1.82) is 5.26 Å². The molecule has 1 atom stereocenters. The number of pyridine rings is 2. The highest BCUT2D eigenvalue weighted by Crippen LogP contribution is 2.53. The molecule has 0 unspecified atom stereocenters. The molecule has 1 aliphatic carbocycles. The van der Waals surface area contributed by atoms with E-state index >= 15 is 0 Å². The van der Waals surface area contributed by atoms with E-state index in [1.807, 2.05) is 36.4 Å². The maximum absolute atomic E-state index is 13.9. The molecule has 0 bridgehead atoms. The normalized spacial score (nSPS) is 16.9. The minimum absolute atomic E-state index is 0.00575. The molecule has 3 heterocycles. The van der Waals surface area contributed by atoms with Gasteiger partial charge in [-0.15, -0.1) is 5.53 Å². The molecule has 43 heavy (non-hydrogen) atoms. The van der Waals surface area contributed by atoms with Gasteiger partial charge in [0.2, 0.25) is 0 Å². The van der Waals surface area contributed by atoms with Gasteiger partial charge in [-0.25, -0.2) is 0 Å². The molecule has 4 aromatic rings. The number of halogens is 4. The van der Waals surface area contributed by atoms with Gasteiger partial charge in [0, 0.05) is 41.6 Å². The summed E-state index contributed by atoms with van der Waals surface area (Å²) in [5.41, 5.74) is 7.80. The number of fused-ring (bicyclic) bond motifs is 2. The first-order valence-corrected chi connectivity index (χ1v) is 14.2. The fourth-order valence-corrected chi connectivity index (χ4v) is 5.50. The summed E-state index contributed by atoms with van der Waals surface area (Å²) in [5, 5.41) is 19.8. The quantitative estimate of drug-likeness (QED) is 0.176. The van der Waals surface area contributed by atoms with Gasteiger partial charge >= 0.3 is 6.18 Å². The van der Waals surface area contributed by atoms with E-state index in [1.165, 1.54) is 12.4 Å². The van der Waals surface area contributed by atoms with Crippen LogP contribution in [0.1, 0.15) is 50.8 Å². The standard InChI is InChI=1S/C31H30ClF3N8/c1-29(2,3)17-39-26-20(14-36)15-38-28-22(26)12-21(13-23(28)32)40-27(19-7-6-18-5-4-10-37-24(18)11-19)25-16-43(42-41-25)30(8-9-30)31(33,34)35/h4-7,10-13,15-16,27,40-42H,8-9,17H2,1-3H3,(H,38,39)/t27-/m0/s1. The Morgan fingerprint density at radius 2 is 1.93 bits per heavy atom. The predicted octanol–water partition coefficient (Wildman–Crippen LogP) is 7.18. The first-order chi connectivity index (χ1) is 20.4. The van der Waals surface area contributed by atoms with Crippen LogP contribution in [0.2, 0.25) is 5.02 Å². The summed E-state index contributed by atoms with van der Waals surface area (Å²) in [6.45, 7) is 6.86. The van der Waals surface area contributed by atoms with Crippen LogP contribution in [0.3, 0.4) is 0 Å². The van der Waals surface area contributed by atoms with Crippen molar-refractivity contribution in [1.82, 2.24) is 25.9 Å². The van der Waals surface area contributed by atoms with Gasteiger partial charge in [0.15, 0.2) is 5.54 Å². The van der Waals surface area contributed by atoms with Crippen molar-refractivity contribution >= 4 is 44.8 Å². The maximum atomic E-state index is 13.9. The molecule has 2 aromatic carbocycles. The molecule has 1 aliphatic heterocycles. The van der Waals surface area contributed by atoms with Gasteiger partial charge in [0.25, 0.3) is 0 Å². The summed E-state index contributed by atoms with van der Waals surface area (Å²) in [6.07, 6.45) is 0.281. The zero-order valence-corrected chi connectivity index (χ0v) is 24.5. The third kappa shape index (κ3) is 5.48. The van der Waals surface area contributed by atoms with Gasteiger partial charge < -0.3 is 16.1 Å². The summed E-state index contributed by atoms with van der Waals surface area (Å²) < 4.78 is 41.8. The van der Waals surface area contributed by atoms with E-state index in [1.54, 1.807) is 12.3 Å². The van der Waals surface area contributed by atoms with Crippen LogP contribution in [-0.2, 0) is 0 Å². The molecule has 2 aromatic heterocycles. The predicted molar refractivity (Wildman–Crippen MR) is 162 cm³/mol. The van der Waals surface area contributed by atoms with E-state index in [-0.39, 0.29) is 18.3 Å². The highest BCUT2D eigenvalue weighted by atomic mass is 35.5. The maximum Gasteiger partial charge on any atom is 0.413 e. The van der Waals surface area contributed by atoms with Crippen molar-refractivity contribution in [2.24, 2.45) is 5.41 Å². The molecule has 2 aliphatic rings. The van der Waals surface area contributed by atoms with Crippen molar-refractivity contribution in [3.05, 3.63) is 82.9 Å². The van der Waals surface area contributed by atoms with Crippen LogP contribution in [0, 0.1) is 16.7 Å². The number of anilines is 2. The molecule has 0 radical (unpaired) electrons. The Morgan fingerprint density at radius 1 is 1.14 bits per heavy atom. The Bertz CT molecular complexity index is 1790. The van der Waals surface area contributed by atoms with Gasteiger partial charge in [-0.3, -0.25) is 15.0 Å². The Balaban J connectivity index is 1.44. The number of nitriles is 1. The second-order valence-electron chi connectivity index (χ2n) is 12.2. The molecule has 0 amide bonds. The van der Waals surface area contributed by atoms with Crippen molar-refractivity contribution in [2.45, 2.75) is 51.4 Å². The highest BCUT2D eigenvalue weighted by Gasteiger charge is 2.67. The fraction of sp³-hybridized carbons (Fsp3) is 0.323. The number of rotatable bonds is 7. The first-order valence-electron chi connectivity index (χ1n) is 13.9. The summed E-state index contributed by atoms with van der Waals surface area (Å²) in [6, 6.07) is 14.7. The number of hydrazine groups is 2. The van der Waals surface area contributed by atoms with Gasteiger partial charge in [-0.05, 0) is 48.1 Å². The largest absolute Gasteiger partial charge is 0.413 e. The van der Waals surface area contributed by atoms with Crippen molar-refractivity contribution in [3.63, 3.8) is 0 Å². The lowest BCUT2D eigenvalue weighted by atomic mass is 9.96. The van der Waals surface area contributed by atoms with Gasteiger partial charge in [0.1, 0.15) is 6.07 Å². The molecular formula is C31H30ClF3N8. The Hall–Kier alpha value is -4.27. The van der Waals surface area contributed by atoms with Crippen LogP contribution in [0.5, 0.6) is 0 Å². The summed E-state index contributed by atoms with van der Waals surface area (Å²) in [7, 11) is 0. The van der Waals surface area contributed by atoms with E-state index in [0.717, 1.165) is 21.5 Å². The lowest BCUT2D eigenvalue weighted by Crippen LogP contribution is -2.52. The minimum atomic E-state index is -4.39. The zero-order chi connectivity index (χ0) is 30.6. The monoisotopic (exact) mass is 606 g/mol. The van der Waals surface area contributed by atoms with Crippen molar-refractivity contribution in [2.75, 3.05) is 17.2 Å². The van der Waals surface area contributed by atoms with Crippen LogP contribution in [-0.4, -0.2) is 33.2 Å². The number of benzene rings is 2. The van der Waals surface area contributed by atoms with Crippen LogP contribution < -0.4 is 21.6 Å². The summed E-state index contributed by atoms with van der Waals surface area (Å²) >= 11 is 6.73. The van der Waals surface area contributed by atoms with E-state index in [4.69, 9.17) is 11.6 Å². The Morgan fingerprint density at radius 3 is 2.63 bits per heavy atom. The van der Waals surface area contributed by atoms with E-state index in [2.05, 4.69) is 58.4 Å². The van der Waals surface area contributed by atoms with Crippen LogP contribution in [0.4, 0.5) is 24.5 Å². The van der Waals surface area contributed by atoms with E-state index in [9.17, 15) is 18.4 Å². The number of hydrogen-bond donors (Lipinski definition) is 4. The molecule has 222 valence electrons. The van der Waals surface area contributed by atoms with Crippen molar-refractivity contribution < 1.29 is 13.2 Å². The van der Waals surface area contributed by atoms with Crippen LogP contribution in [0.15, 0.2) is 66.8 Å². The molecule has 8 nitrogen and oxygen atoms in total.